The van der Waals surface area contributed by atoms with Gasteiger partial charge in [-0.15, -0.1) is 0 Å². The van der Waals surface area contributed by atoms with Crippen LogP contribution in [0.1, 0.15) is 12.6 Å². The van der Waals surface area contributed by atoms with Gasteiger partial charge in [0.05, 0.1) is 44.8 Å². The monoisotopic (exact) mass is 704 g/mol. The van der Waals surface area contributed by atoms with Crippen molar-refractivity contribution in [2.24, 2.45) is 0 Å². The standard InChI is InChI=1S/C51H36N4/c1-3-4-6-18-34(2)42-33-43(36-20-7-5-8-21-36)53-51(52-42)41-26-13-16-29-47(41)55-45-27-14-11-24-38(45)39-31-32-48-49(50(39)55)40-25-12-15-28-46(40)54(48)44-30-17-22-35-19-9-10-23-37(35)44/h3-33H,1H2,2H3/b6-4-,34-18+. The lowest BCUT2D eigenvalue weighted by Crippen LogP contribution is -2.02. The highest BCUT2D eigenvalue weighted by Crippen LogP contribution is 2.44. The van der Waals surface area contributed by atoms with Crippen LogP contribution in [0.4, 0.5) is 0 Å². The SMILES string of the molecule is C=C/C=C\C=C(/C)c1cc(-c2ccccc2)nc(-c2ccccc2-n2c3ccccc3c3ccc4c(c5ccccc5n4-c4cccc5ccccc45)c32)n1. The maximum atomic E-state index is 5.28. The Hall–Kier alpha value is -7.30. The fourth-order valence-corrected chi connectivity index (χ4v) is 8.17. The minimum atomic E-state index is 0.670. The van der Waals surface area contributed by atoms with Crippen molar-refractivity contribution in [3.63, 3.8) is 0 Å². The maximum absolute atomic E-state index is 5.28. The lowest BCUT2D eigenvalue weighted by molar-refractivity contribution is 1.12. The molecule has 0 amide bonds. The summed E-state index contributed by atoms with van der Waals surface area (Å²) >= 11 is 0. The van der Waals surface area contributed by atoms with Gasteiger partial charge in [-0.05, 0) is 60.3 Å². The summed E-state index contributed by atoms with van der Waals surface area (Å²) in [6, 6.07) is 58.4. The van der Waals surface area contributed by atoms with Crippen molar-refractivity contribution in [2.75, 3.05) is 0 Å². The molecule has 3 heterocycles. The quantitative estimate of drug-likeness (QED) is 0.155. The number of aromatic nitrogens is 4. The average Bonchev–Trinajstić information content (AvgIpc) is 3.76. The van der Waals surface area contributed by atoms with E-state index in [0.29, 0.717) is 5.82 Å². The van der Waals surface area contributed by atoms with Crippen LogP contribution in [0.15, 0.2) is 195 Å². The number of nitrogens with zero attached hydrogens (tertiary/aromatic N) is 4. The van der Waals surface area contributed by atoms with Crippen LogP contribution in [-0.2, 0) is 0 Å². The average molecular weight is 705 g/mol. The molecule has 0 aliphatic carbocycles. The van der Waals surface area contributed by atoms with Crippen molar-refractivity contribution in [2.45, 2.75) is 6.92 Å². The number of benzene rings is 7. The molecule has 0 spiro atoms. The molecule has 7 aromatic carbocycles. The summed E-state index contributed by atoms with van der Waals surface area (Å²) in [6.07, 6.45) is 7.78. The molecule has 0 N–H and O–H groups in total. The van der Waals surface area contributed by atoms with Gasteiger partial charge in [-0.2, -0.15) is 0 Å². The number of hydrogen-bond donors (Lipinski definition) is 0. The van der Waals surface area contributed by atoms with Crippen molar-refractivity contribution < 1.29 is 0 Å². The van der Waals surface area contributed by atoms with Crippen LogP contribution < -0.4 is 0 Å². The summed E-state index contributed by atoms with van der Waals surface area (Å²) in [5, 5.41) is 7.24. The Balaban J connectivity index is 1.31. The lowest BCUT2D eigenvalue weighted by atomic mass is 10.1. The highest BCUT2D eigenvalue weighted by atomic mass is 15.0. The molecule has 0 unspecified atom stereocenters. The minimum Gasteiger partial charge on any atom is -0.309 e. The smallest absolute Gasteiger partial charge is 0.162 e. The number of hydrogen-bond acceptors (Lipinski definition) is 2. The third-order valence-electron chi connectivity index (χ3n) is 10.7. The molecule has 55 heavy (non-hydrogen) atoms. The number of fused-ring (bicyclic) bond motifs is 8. The highest BCUT2D eigenvalue weighted by Gasteiger charge is 2.23. The minimum absolute atomic E-state index is 0.670. The van der Waals surface area contributed by atoms with Crippen LogP contribution in [0.2, 0.25) is 0 Å². The fraction of sp³-hybridized carbons (Fsp3) is 0.0196. The van der Waals surface area contributed by atoms with Gasteiger partial charge in [-0.3, -0.25) is 0 Å². The lowest BCUT2D eigenvalue weighted by Gasteiger charge is -2.15. The Bertz CT molecular complexity index is 3170. The largest absolute Gasteiger partial charge is 0.309 e. The van der Waals surface area contributed by atoms with Crippen molar-refractivity contribution >= 4 is 60.0 Å². The first kappa shape index (κ1) is 32.4. The summed E-state index contributed by atoms with van der Waals surface area (Å²) in [7, 11) is 0. The third-order valence-corrected chi connectivity index (χ3v) is 10.7. The van der Waals surface area contributed by atoms with E-state index in [1.807, 2.05) is 18.2 Å². The fourth-order valence-electron chi connectivity index (χ4n) is 8.17. The summed E-state index contributed by atoms with van der Waals surface area (Å²) < 4.78 is 4.88. The first-order valence-electron chi connectivity index (χ1n) is 18.6. The Labute approximate surface area is 319 Å². The first-order chi connectivity index (χ1) is 27.2. The molecule has 10 aromatic rings. The summed E-state index contributed by atoms with van der Waals surface area (Å²) in [5.74, 6) is 0.670. The molecule has 3 aromatic heterocycles. The second kappa shape index (κ2) is 13.3. The second-order valence-electron chi connectivity index (χ2n) is 13.9. The Morgan fingerprint density at radius 1 is 0.545 bits per heavy atom. The Morgan fingerprint density at radius 3 is 2.05 bits per heavy atom. The van der Waals surface area contributed by atoms with Crippen LogP contribution in [0.5, 0.6) is 0 Å². The van der Waals surface area contributed by atoms with Crippen molar-refractivity contribution in [1.82, 2.24) is 19.1 Å². The molecule has 0 bridgehead atoms. The van der Waals surface area contributed by atoms with E-state index in [9.17, 15) is 0 Å². The van der Waals surface area contributed by atoms with Crippen LogP contribution in [-0.4, -0.2) is 19.1 Å². The zero-order chi connectivity index (χ0) is 36.9. The van der Waals surface area contributed by atoms with E-state index in [2.05, 4.69) is 186 Å². The van der Waals surface area contributed by atoms with E-state index in [1.165, 1.54) is 37.8 Å². The predicted molar refractivity (Wildman–Crippen MR) is 232 cm³/mol. The molecule has 0 fully saturated rings. The summed E-state index contributed by atoms with van der Waals surface area (Å²) in [6.45, 7) is 5.93. The van der Waals surface area contributed by atoms with Gasteiger partial charge in [-0.25, -0.2) is 9.97 Å². The van der Waals surface area contributed by atoms with Crippen LogP contribution >= 0.6 is 0 Å². The Morgan fingerprint density at radius 2 is 1.22 bits per heavy atom. The molecule has 0 radical (unpaired) electrons. The molecule has 4 nitrogen and oxygen atoms in total. The topological polar surface area (TPSA) is 35.6 Å². The molecule has 260 valence electrons. The Kier molecular flexibility index (Phi) is 7.81. The molecular formula is C51H36N4. The number of para-hydroxylation sites is 3. The molecule has 0 saturated heterocycles. The highest BCUT2D eigenvalue weighted by molar-refractivity contribution is 6.26. The van der Waals surface area contributed by atoms with Crippen LogP contribution in [0.25, 0.3) is 94.0 Å². The van der Waals surface area contributed by atoms with E-state index in [-0.39, 0.29) is 0 Å². The van der Waals surface area contributed by atoms with Crippen molar-refractivity contribution in [3.05, 3.63) is 200 Å². The van der Waals surface area contributed by atoms with E-state index in [1.54, 1.807) is 6.08 Å². The zero-order valence-electron chi connectivity index (χ0n) is 30.4. The predicted octanol–water partition coefficient (Wildman–Crippen LogP) is 13.3. The second-order valence-corrected chi connectivity index (χ2v) is 13.9. The molecule has 10 rings (SSSR count). The van der Waals surface area contributed by atoms with E-state index < -0.39 is 0 Å². The van der Waals surface area contributed by atoms with Gasteiger partial charge in [0, 0.05) is 38.1 Å². The van der Waals surface area contributed by atoms with E-state index >= 15 is 0 Å². The van der Waals surface area contributed by atoms with Gasteiger partial charge in [0.15, 0.2) is 5.82 Å². The van der Waals surface area contributed by atoms with Gasteiger partial charge < -0.3 is 9.13 Å². The van der Waals surface area contributed by atoms with Gasteiger partial charge in [0.25, 0.3) is 0 Å². The van der Waals surface area contributed by atoms with Gasteiger partial charge in [-0.1, -0.05) is 152 Å². The molecule has 0 aliphatic rings. The van der Waals surface area contributed by atoms with E-state index in [4.69, 9.17) is 9.97 Å². The number of rotatable bonds is 7. The van der Waals surface area contributed by atoms with Gasteiger partial charge in [0.2, 0.25) is 0 Å². The third kappa shape index (κ3) is 5.30. The normalized spacial score (nSPS) is 12.2. The van der Waals surface area contributed by atoms with Gasteiger partial charge in [0.1, 0.15) is 0 Å². The number of allylic oxidation sites excluding steroid dienone is 5. The van der Waals surface area contributed by atoms with Crippen LogP contribution in [0, 0.1) is 0 Å². The van der Waals surface area contributed by atoms with Crippen molar-refractivity contribution in [3.8, 4) is 34.0 Å². The molecule has 0 atom stereocenters. The van der Waals surface area contributed by atoms with Crippen LogP contribution in [0.3, 0.4) is 0 Å². The summed E-state index contributed by atoms with van der Waals surface area (Å²) in [4.78, 5) is 10.5. The van der Waals surface area contributed by atoms with E-state index in [0.717, 1.165) is 56.0 Å². The van der Waals surface area contributed by atoms with Crippen molar-refractivity contribution in [1.29, 1.82) is 0 Å². The summed E-state index contributed by atoms with van der Waals surface area (Å²) in [5.41, 5.74) is 11.6. The molecule has 0 aliphatic heterocycles. The maximum Gasteiger partial charge on any atom is 0.162 e. The zero-order valence-corrected chi connectivity index (χ0v) is 30.4. The first-order valence-corrected chi connectivity index (χ1v) is 18.6. The molecule has 0 saturated carbocycles. The molecular weight excluding hydrogens is 669 g/mol. The van der Waals surface area contributed by atoms with Gasteiger partial charge >= 0.3 is 0 Å². The molecule has 4 heteroatoms.